The minimum absolute atomic E-state index is 0.0114. The van der Waals surface area contributed by atoms with E-state index in [9.17, 15) is 4.79 Å². The summed E-state index contributed by atoms with van der Waals surface area (Å²) in [7, 11) is 0. The predicted octanol–water partition coefficient (Wildman–Crippen LogP) is 1.42. The lowest BCUT2D eigenvalue weighted by atomic mass is 10.0. The first-order chi connectivity index (χ1) is 5.62. The molecule has 0 spiro atoms. The maximum absolute atomic E-state index is 10.4. The molecule has 0 atom stereocenters. The van der Waals surface area contributed by atoms with Gasteiger partial charge in [0.15, 0.2) is 0 Å². The van der Waals surface area contributed by atoms with Crippen LogP contribution in [0.4, 0.5) is 4.79 Å². The highest BCUT2D eigenvalue weighted by Crippen LogP contribution is 2.04. The molecule has 0 radical (unpaired) electrons. The van der Waals surface area contributed by atoms with Gasteiger partial charge in [0.2, 0.25) is 0 Å². The Morgan fingerprint density at radius 1 is 1.23 bits per heavy atom. The van der Waals surface area contributed by atoms with Gasteiger partial charge < -0.3 is 15.7 Å². The van der Waals surface area contributed by atoms with Gasteiger partial charge in [-0.25, -0.2) is 4.79 Å². The van der Waals surface area contributed by atoms with Gasteiger partial charge in [0.25, 0.3) is 0 Å². The van der Waals surface area contributed by atoms with E-state index in [4.69, 9.17) is 5.11 Å². The van der Waals surface area contributed by atoms with Crippen LogP contribution >= 0.6 is 0 Å². The summed E-state index contributed by atoms with van der Waals surface area (Å²) in [6.07, 6.45) is -0.985. The Labute approximate surface area is 79.7 Å². The van der Waals surface area contributed by atoms with Crippen molar-refractivity contribution in [3.05, 3.63) is 0 Å². The van der Waals surface area contributed by atoms with Crippen LogP contribution in [0.15, 0.2) is 0 Å². The van der Waals surface area contributed by atoms with E-state index in [0.717, 1.165) is 0 Å². The Kier molecular flexibility index (Phi) is 3.72. The van der Waals surface area contributed by atoms with Crippen molar-refractivity contribution in [2.45, 2.75) is 45.7 Å². The molecule has 0 unspecified atom stereocenters. The molecule has 0 bridgehead atoms. The van der Waals surface area contributed by atoms with Crippen molar-refractivity contribution in [1.82, 2.24) is 10.6 Å². The molecule has 13 heavy (non-hydrogen) atoms. The number of hydrogen-bond acceptors (Lipinski definition) is 2. The van der Waals surface area contributed by atoms with Gasteiger partial charge in [-0.2, -0.15) is 0 Å². The van der Waals surface area contributed by atoms with Gasteiger partial charge in [-0.3, -0.25) is 0 Å². The first-order valence-electron chi connectivity index (χ1n) is 4.38. The molecule has 0 aliphatic rings. The third-order valence-corrected chi connectivity index (χ3v) is 1.51. The summed E-state index contributed by atoms with van der Waals surface area (Å²) in [5.74, 6) is 0. The molecule has 0 fully saturated rings. The lowest BCUT2D eigenvalue weighted by Crippen LogP contribution is -2.53. The number of amides is 1. The molecule has 0 rings (SSSR count). The maximum Gasteiger partial charge on any atom is 0.405 e. The Bertz CT molecular complexity index is 183. The van der Waals surface area contributed by atoms with Crippen LogP contribution in [0.3, 0.4) is 0 Å². The minimum atomic E-state index is -0.985. The van der Waals surface area contributed by atoms with Crippen LogP contribution in [-0.2, 0) is 0 Å². The zero-order valence-electron chi connectivity index (χ0n) is 9.06. The molecule has 4 heteroatoms. The summed E-state index contributed by atoms with van der Waals surface area (Å²) in [6, 6.07) is 0. The van der Waals surface area contributed by atoms with Crippen LogP contribution in [-0.4, -0.2) is 28.8 Å². The highest BCUT2D eigenvalue weighted by molar-refractivity contribution is 5.65. The Morgan fingerprint density at radius 2 is 1.69 bits per heavy atom. The Morgan fingerprint density at radius 3 is 2.00 bits per heavy atom. The van der Waals surface area contributed by atoms with Gasteiger partial charge >= 0.3 is 6.09 Å². The topological polar surface area (TPSA) is 61.4 Å². The summed E-state index contributed by atoms with van der Waals surface area (Å²) in [5.41, 5.74) is -0.420. The van der Waals surface area contributed by atoms with E-state index in [1.807, 2.05) is 34.6 Å². The van der Waals surface area contributed by atoms with Crippen LogP contribution in [0.5, 0.6) is 0 Å². The van der Waals surface area contributed by atoms with Crippen LogP contribution in [0.2, 0.25) is 0 Å². The van der Waals surface area contributed by atoms with Gasteiger partial charge in [0, 0.05) is 12.1 Å². The van der Waals surface area contributed by atoms with E-state index in [-0.39, 0.29) is 5.54 Å². The average molecular weight is 188 g/mol. The zero-order valence-corrected chi connectivity index (χ0v) is 9.06. The molecule has 0 aromatic rings. The monoisotopic (exact) mass is 188 g/mol. The van der Waals surface area contributed by atoms with Gasteiger partial charge in [-0.15, -0.1) is 0 Å². The summed E-state index contributed by atoms with van der Waals surface area (Å²) in [6.45, 7) is 10.4. The van der Waals surface area contributed by atoms with Crippen molar-refractivity contribution in [1.29, 1.82) is 0 Å². The largest absolute Gasteiger partial charge is 0.465 e. The van der Waals surface area contributed by atoms with E-state index < -0.39 is 11.6 Å². The Hall–Kier alpha value is -0.770. The summed E-state index contributed by atoms with van der Waals surface area (Å²) in [5, 5.41) is 14.2. The summed E-state index contributed by atoms with van der Waals surface area (Å²) in [4.78, 5) is 10.4. The molecular weight excluding hydrogens is 168 g/mol. The van der Waals surface area contributed by atoms with Crippen molar-refractivity contribution in [2.75, 3.05) is 6.54 Å². The lowest BCUT2D eigenvalue weighted by Gasteiger charge is -2.30. The fourth-order valence-electron chi connectivity index (χ4n) is 0.820. The predicted molar refractivity (Wildman–Crippen MR) is 53.0 cm³/mol. The van der Waals surface area contributed by atoms with Crippen LogP contribution in [0, 0.1) is 0 Å². The SMILES string of the molecule is CC(C)(C)NCC(C)(C)NC(=O)O. The van der Waals surface area contributed by atoms with E-state index in [1.54, 1.807) is 0 Å². The van der Waals surface area contributed by atoms with Crippen LogP contribution < -0.4 is 10.6 Å². The second-order valence-corrected chi connectivity index (χ2v) is 4.92. The quantitative estimate of drug-likeness (QED) is 0.627. The van der Waals surface area contributed by atoms with Gasteiger partial charge in [-0.05, 0) is 34.6 Å². The maximum atomic E-state index is 10.4. The number of carboxylic acid groups (broad SMARTS) is 1. The van der Waals surface area contributed by atoms with Crippen LogP contribution in [0.1, 0.15) is 34.6 Å². The van der Waals surface area contributed by atoms with E-state index >= 15 is 0 Å². The Balaban J connectivity index is 3.96. The number of hydrogen-bond donors (Lipinski definition) is 3. The fraction of sp³-hybridized carbons (Fsp3) is 0.889. The molecule has 0 aromatic carbocycles. The molecule has 1 amide bonds. The second-order valence-electron chi connectivity index (χ2n) is 4.92. The molecule has 0 heterocycles. The van der Waals surface area contributed by atoms with E-state index in [0.29, 0.717) is 6.54 Å². The molecule has 0 aliphatic heterocycles. The van der Waals surface area contributed by atoms with Crippen molar-refractivity contribution < 1.29 is 9.90 Å². The summed E-state index contributed by atoms with van der Waals surface area (Å²) < 4.78 is 0. The molecule has 0 aliphatic carbocycles. The summed E-state index contributed by atoms with van der Waals surface area (Å²) >= 11 is 0. The molecule has 0 saturated carbocycles. The fourth-order valence-corrected chi connectivity index (χ4v) is 0.820. The van der Waals surface area contributed by atoms with Gasteiger partial charge in [0.05, 0.1) is 5.54 Å². The molecule has 4 nitrogen and oxygen atoms in total. The van der Waals surface area contributed by atoms with Gasteiger partial charge in [-0.1, -0.05) is 0 Å². The number of nitrogens with one attached hydrogen (secondary N) is 2. The molecule has 0 aromatic heterocycles. The molecule has 78 valence electrons. The normalized spacial score (nSPS) is 12.7. The lowest BCUT2D eigenvalue weighted by molar-refractivity contribution is 0.179. The van der Waals surface area contributed by atoms with E-state index in [2.05, 4.69) is 10.6 Å². The molecular formula is C9H20N2O2. The van der Waals surface area contributed by atoms with Crippen molar-refractivity contribution in [3.8, 4) is 0 Å². The smallest absolute Gasteiger partial charge is 0.405 e. The number of carbonyl (C=O) groups is 1. The van der Waals surface area contributed by atoms with Crippen molar-refractivity contribution in [2.24, 2.45) is 0 Å². The highest BCUT2D eigenvalue weighted by atomic mass is 16.4. The van der Waals surface area contributed by atoms with Crippen molar-refractivity contribution >= 4 is 6.09 Å². The first kappa shape index (κ1) is 12.2. The number of rotatable bonds is 3. The van der Waals surface area contributed by atoms with Crippen LogP contribution in [0.25, 0.3) is 0 Å². The van der Waals surface area contributed by atoms with Crippen molar-refractivity contribution in [3.63, 3.8) is 0 Å². The standard InChI is InChI=1S/C9H20N2O2/c1-8(2,3)10-6-9(4,5)11-7(12)13/h10-11H,6H2,1-5H3,(H,12,13). The van der Waals surface area contributed by atoms with E-state index in [1.165, 1.54) is 0 Å². The first-order valence-corrected chi connectivity index (χ1v) is 4.38. The van der Waals surface area contributed by atoms with Gasteiger partial charge in [0.1, 0.15) is 0 Å². The second kappa shape index (κ2) is 3.96. The average Bonchev–Trinajstić information content (AvgIpc) is 1.79. The molecule has 0 saturated heterocycles. The third kappa shape index (κ3) is 7.59. The molecule has 3 N–H and O–H groups in total. The highest BCUT2D eigenvalue weighted by Gasteiger charge is 2.22. The minimum Gasteiger partial charge on any atom is -0.465 e. The zero-order chi connectivity index (χ0) is 10.7. The third-order valence-electron chi connectivity index (χ3n) is 1.51.